The molecule has 0 bridgehead atoms. The molecular formula is C22H28N2O2. The van der Waals surface area contributed by atoms with Gasteiger partial charge in [0.15, 0.2) is 0 Å². The highest BCUT2D eigenvalue weighted by molar-refractivity contribution is 5.79. The van der Waals surface area contributed by atoms with Crippen LogP contribution >= 0.6 is 0 Å². The summed E-state index contributed by atoms with van der Waals surface area (Å²) >= 11 is 0. The van der Waals surface area contributed by atoms with Crippen LogP contribution in [0.25, 0.3) is 0 Å². The maximum Gasteiger partial charge on any atom is 0.227 e. The normalized spacial score (nSPS) is 15.1. The minimum atomic E-state index is 0.187. The highest BCUT2D eigenvalue weighted by Crippen LogP contribution is 2.20. The average Bonchev–Trinajstić information content (AvgIpc) is 2.67. The number of likely N-dealkylation sites (tertiary alicyclic amines) is 1. The van der Waals surface area contributed by atoms with E-state index in [2.05, 4.69) is 36.5 Å². The van der Waals surface area contributed by atoms with Crippen molar-refractivity contribution in [3.63, 3.8) is 0 Å². The topological polar surface area (TPSA) is 41.6 Å². The van der Waals surface area contributed by atoms with Gasteiger partial charge in [-0.15, -0.1) is 0 Å². The number of aryl methyl sites for hydroxylation is 1. The fourth-order valence-corrected chi connectivity index (χ4v) is 3.54. The summed E-state index contributed by atoms with van der Waals surface area (Å²) in [5, 5.41) is 3.63. The number of ether oxygens (including phenoxy) is 1. The van der Waals surface area contributed by atoms with Crippen LogP contribution in [0.2, 0.25) is 0 Å². The van der Waals surface area contributed by atoms with Gasteiger partial charge in [0, 0.05) is 31.2 Å². The van der Waals surface area contributed by atoms with Crippen molar-refractivity contribution in [3.05, 3.63) is 65.2 Å². The summed E-state index contributed by atoms with van der Waals surface area (Å²) in [6.07, 6.45) is 2.42. The molecule has 4 heteroatoms. The van der Waals surface area contributed by atoms with Gasteiger partial charge in [-0.05, 0) is 31.4 Å². The lowest BCUT2D eigenvalue weighted by atomic mass is 10.0. The monoisotopic (exact) mass is 352 g/mol. The van der Waals surface area contributed by atoms with Crippen LogP contribution in [0.15, 0.2) is 48.5 Å². The Kier molecular flexibility index (Phi) is 6.29. The number of carbonyl (C=O) groups is 1. The minimum absolute atomic E-state index is 0.187. The summed E-state index contributed by atoms with van der Waals surface area (Å²) in [5.74, 6) is 0.974. The van der Waals surface area contributed by atoms with Crippen molar-refractivity contribution in [2.24, 2.45) is 0 Å². The van der Waals surface area contributed by atoms with Gasteiger partial charge in [-0.2, -0.15) is 0 Å². The standard InChI is InChI=1S/C22H28N2O2/c1-17-6-5-7-18(14-17)16-23-20-10-12-24(13-11-20)22(25)15-19-8-3-4-9-21(19)26-2/h3-9,14,20,23H,10-13,15-16H2,1-2H3. The number of amides is 1. The van der Waals surface area contributed by atoms with Crippen LogP contribution in [0, 0.1) is 6.92 Å². The van der Waals surface area contributed by atoms with Crippen LogP contribution in [0.1, 0.15) is 29.5 Å². The van der Waals surface area contributed by atoms with Crippen molar-refractivity contribution in [2.45, 2.75) is 38.8 Å². The molecule has 0 aliphatic carbocycles. The third kappa shape index (κ3) is 4.85. The lowest BCUT2D eigenvalue weighted by molar-refractivity contribution is -0.131. The minimum Gasteiger partial charge on any atom is -0.496 e. The molecule has 1 amide bonds. The fourth-order valence-electron chi connectivity index (χ4n) is 3.54. The Labute approximate surface area is 156 Å². The predicted octanol–water partition coefficient (Wildman–Crippen LogP) is 3.33. The van der Waals surface area contributed by atoms with E-state index in [1.807, 2.05) is 29.2 Å². The molecule has 3 rings (SSSR count). The van der Waals surface area contributed by atoms with Crippen LogP contribution in [0.3, 0.4) is 0 Å². The largest absolute Gasteiger partial charge is 0.496 e. The molecule has 0 atom stereocenters. The molecular weight excluding hydrogens is 324 g/mol. The second kappa shape index (κ2) is 8.86. The number of nitrogens with one attached hydrogen (secondary N) is 1. The number of nitrogens with zero attached hydrogens (tertiary/aromatic N) is 1. The van der Waals surface area contributed by atoms with E-state index in [4.69, 9.17) is 4.74 Å². The van der Waals surface area contributed by atoms with E-state index >= 15 is 0 Å². The molecule has 138 valence electrons. The van der Waals surface area contributed by atoms with Crippen LogP contribution in [-0.4, -0.2) is 37.0 Å². The first-order chi connectivity index (χ1) is 12.7. The number of para-hydroxylation sites is 1. The molecule has 4 nitrogen and oxygen atoms in total. The molecule has 2 aromatic carbocycles. The van der Waals surface area contributed by atoms with Crippen molar-refractivity contribution >= 4 is 5.91 Å². The van der Waals surface area contributed by atoms with E-state index in [1.54, 1.807) is 7.11 Å². The van der Waals surface area contributed by atoms with Crippen molar-refractivity contribution in [2.75, 3.05) is 20.2 Å². The molecule has 1 aliphatic rings. The Morgan fingerprint density at radius 1 is 1.15 bits per heavy atom. The van der Waals surface area contributed by atoms with Crippen molar-refractivity contribution in [3.8, 4) is 5.75 Å². The fraction of sp³-hybridized carbons (Fsp3) is 0.409. The molecule has 0 radical (unpaired) electrons. The Hall–Kier alpha value is -2.33. The van der Waals surface area contributed by atoms with E-state index in [-0.39, 0.29) is 5.91 Å². The lowest BCUT2D eigenvalue weighted by Crippen LogP contribution is -2.45. The molecule has 26 heavy (non-hydrogen) atoms. The molecule has 1 fully saturated rings. The third-order valence-electron chi connectivity index (χ3n) is 5.06. The number of hydrogen-bond donors (Lipinski definition) is 1. The van der Waals surface area contributed by atoms with E-state index in [0.29, 0.717) is 12.5 Å². The maximum atomic E-state index is 12.6. The van der Waals surface area contributed by atoms with Crippen LogP contribution in [0.5, 0.6) is 5.75 Å². The second-order valence-electron chi connectivity index (χ2n) is 7.01. The van der Waals surface area contributed by atoms with Gasteiger partial charge in [0.05, 0.1) is 13.5 Å². The first-order valence-corrected chi connectivity index (χ1v) is 9.34. The van der Waals surface area contributed by atoms with E-state index in [9.17, 15) is 4.79 Å². The van der Waals surface area contributed by atoms with Crippen LogP contribution in [0.4, 0.5) is 0 Å². The van der Waals surface area contributed by atoms with Gasteiger partial charge in [-0.25, -0.2) is 0 Å². The first-order valence-electron chi connectivity index (χ1n) is 9.34. The molecule has 1 aliphatic heterocycles. The van der Waals surface area contributed by atoms with Gasteiger partial charge in [0.25, 0.3) is 0 Å². The van der Waals surface area contributed by atoms with Gasteiger partial charge in [-0.3, -0.25) is 4.79 Å². The van der Waals surface area contributed by atoms with Crippen molar-refractivity contribution in [1.29, 1.82) is 0 Å². The first kappa shape index (κ1) is 18.5. The quantitative estimate of drug-likeness (QED) is 0.867. The number of methoxy groups -OCH3 is 1. The van der Waals surface area contributed by atoms with E-state index < -0.39 is 0 Å². The van der Waals surface area contributed by atoms with Gasteiger partial charge < -0.3 is 15.0 Å². The van der Waals surface area contributed by atoms with Crippen molar-refractivity contribution in [1.82, 2.24) is 10.2 Å². The van der Waals surface area contributed by atoms with Gasteiger partial charge in [0.1, 0.15) is 5.75 Å². The molecule has 0 saturated carbocycles. The number of carbonyl (C=O) groups excluding carboxylic acids is 1. The summed E-state index contributed by atoms with van der Waals surface area (Å²) in [5.41, 5.74) is 3.57. The summed E-state index contributed by atoms with van der Waals surface area (Å²) in [4.78, 5) is 14.6. The molecule has 2 aromatic rings. The summed E-state index contributed by atoms with van der Waals surface area (Å²) in [6, 6.07) is 16.8. The number of hydrogen-bond acceptors (Lipinski definition) is 3. The molecule has 0 unspecified atom stereocenters. The SMILES string of the molecule is COc1ccccc1CC(=O)N1CCC(NCc2cccc(C)c2)CC1. The smallest absolute Gasteiger partial charge is 0.227 e. The Bertz CT molecular complexity index is 736. The van der Waals surface area contributed by atoms with E-state index in [1.165, 1.54) is 11.1 Å². The van der Waals surface area contributed by atoms with Gasteiger partial charge in [0.2, 0.25) is 5.91 Å². The summed E-state index contributed by atoms with van der Waals surface area (Å²) in [6.45, 7) is 4.65. The summed E-state index contributed by atoms with van der Waals surface area (Å²) < 4.78 is 5.35. The predicted molar refractivity (Wildman–Crippen MR) is 104 cm³/mol. The zero-order chi connectivity index (χ0) is 18.4. The molecule has 1 heterocycles. The van der Waals surface area contributed by atoms with Crippen molar-refractivity contribution < 1.29 is 9.53 Å². The summed E-state index contributed by atoms with van der Waals surface area (Å²) in [7, 11) is 1.65. The highest BCUT2D eigenvalue weighted by Gasteiger charge is 2.23. The molecule has 1 saturated heterocycles. The van der Waals surface area contributed by atoms with Gasteiger partial charge in [-0.1, -0.05) is 48.0 Å². The Balaban J connectivity index is 1.46. The zero-order valence-corrected chi connectivity index (χ0v) is 15.7. The molecule has 0 aromatic heterocycles. The Morgan fingerprint density at radius 3 is 2.65 bits per heavy atom. The zero-order valence-electron chi connectivity index (χ0n) is 15.7. The highest BCUT2D eigenvalue weighted by atomic mass is 16.5. The lowest BCUT2D eigenvalue weighted by Gasteiger charge is -2.32. The van der Waals surface area contributed by atoms with Crippen LogP contribution in [-0.2, 0) is 17.8 Å². The number of rotatable bonds is 6. The third-order valence-corrected chi connectivity index (χ3v) is 5.06. The van der Waals surface area contributed by atoms with Gasteiger partial charge >= 0.3 is 0 Å². The second-order valence-corrected chi connectivity index (χ2v) is 7.01. The Morgan fingerprint density at radius 2 is 1.92 bits per heavy atom. The average molecular weight is 352 g/mol. The maximum absolute atomic E-state index is 12.6. The van der Waals surface area contributed by atoms with Crippen LogP contribution < -0.4 is 10.1 Å². The molecule has 1 N–H and O–H groups in total. The van der Waals surface area contributed by atoms with E-state index in [0.717, 1.165) is 43.8 Å². The number of benzene rings is 2. The number of piperidine rings is 1. The molecule has 0 spiro atoms.